The van der Waals surface area contributed by atoms with Crippen molar-refractivity contribution in [1.29, 1.82) is 0 Å². The molecule has 1 N–H and O–H groups in total. The van der Waals surface area contributed by atoms with Gasteiger partial charge in [-0.2, -0.15) is 0 Å². The minimum atomic E-state index is -0.514. The highest BCUT2D eigenvalue weighted by Crippen LogP contribution is 2.20. The maximum absolute atomic E-state index is 11.8. The molecule has 0 unspecified atom stereocenters. The zero-order chi connectivity index (χ0) is 11.8. The molecule has 0 aromatic carbocycles. The van der Waals surface area contributed by atoms with E-state index < -0.39 is 11.7 Å². The average Bonchev–Trinajstić information content (AvgIpc) is 2.58. The molecule has 0 fully saturated rings. The van der Waals surface area contributed by atoms with Crippen LogP contribution >= 0.6 is 0 Å². The van der Waals surface area contributed by atoms with Gasteiger partial charge < -0.3 is 10.1 Å². The van der Waals surface area contributed by atoms with Crippen LogP contribution in [0.3, 0.4) is 0 Å². The van der Waals surface area contributed by atoms with Crippen molar-refractivity contribution < 1.29 is 9.53 Å². The Kier molecular flexibility index (Phi) is 2.41. The first-order valence-corrected chi connectivity index (χ1v) is 5.03. The molecule has 0 spiro atoms. The number of hydrogen-bond acceptors (Lipinski definition) is 5. The van der Waals surface area contributed by atoms with Crippen molar-refractivity contribution in [3.8, 4) is 0 Å². The van der Waals surface area contributed by atoms with Gasteiger partial charge in [0.05, 0.1) is 18.6 Å². The van der Waals surface area contributed by atoms with Crippen LogP contribution in [0.5, 0.6) is 0 Å². The van der Waals surface area contributed by atoms with E-state index in [-0.39, 0.29) is 0 Å². The van der Waals surface area contributed by atoms with Gasteiger partial charge in [0.2, 0.25) is 0 Å². The summed E-state index contributed by atoms with van der Waals surface area (Å²) in [6.07, 6.45) is 2.57. The Morgan fingerprint density at radius 2 is 2.31 bits per heavy atom. The molecule has 6 heteroatoms. The van der Waals surface area contributed by atoms with Crippen molar-refractivity contribution in [3.63, 3.8) is 0 Å². The lowest BCUT2D eigenvalue weighted by Gasteiger charge is -2.20. The van der Waals surface area contributed by atoms with E-state index in [0.717, 1.165) is 5.69 Å². The van der Waals surface area contributed by atoms with Gasteiger partial charge in [-0.1, -0.05) is 0 Å². The van der Waals surface area contributed by atoms with Crippen LogP contribution in [-0.2, 0) is 11.3 Å². The van der Waals surface area contributed by atoms with Crippen molar-refractivity contribution >= 4 is 18.2 Å². The van der Waals surface area contributed by atoms with Gasteiger partial charge in [0.25, 0.3) is 0 Å². The van der Waals surface area contributed by atoms with E-state index in [1.807, 2.05) is 20.8 Å². The molecular weight excluding hydrogens is 208 g/mol. The van der Waals surface area contributed by atoms with Gasteiger partial charge >= 0.3 is 6.09 Å². The van der Waals surface area contributed by atoms with E-state index in [1.165, 1.54) is 10.9 Å². The van der Waals surface area contributed by atoms with E-state index in [1.54, 1.807) is 6.34 Å². The Bertz CT molecular complexity index is 442. The first kappa shape index (κ1) is 10.7. The Morgan fingerprint density at radius 3 is 3.00 bits per heavy atom. The van der Waals surface area contributed by atoms with Crippen molar-refractivity contribution in [2.75, 3.05) is 0 Å². The fraction of sp³-hybridized carbons (Fsp3) is 0.500. The second-order valence-corrected chi connectivity index (χ2v) is 4.50. The predicted molar refractivity (Wildman–Crippen MR) is 58.9 cm³/mol. The summed E-state index contributed by atoms with van der Waals surface area (Å²) in [5, 5.41) is 2.92. The molecule has 0 atom stereocenters. The summed E-state index contributed by atoms with van der Waals surface area (Å²) >= 11 is 0. The summed E-state index contributed by atoms with van der Waals surface area (Å²) in [6.45, 7) is 6.00. The van der Waals surface area contributed by atoms with Crippen molar-refractivity contribution in [1.82, 2.24) is 14.9 Å². The highest BCUT2D eigenvalue weighted by atomic mass is 16.6. The van der Waals surface area contributed by atoms with Crippen molar-refractivity contribution in [3.05, 3.63) is 12.0 Å². The second-order valence-electron chi connectivity index (χ2n) is 4.50. The highest BCUT2D eigenvalue weighted by Gasteiger charge is 2.22. The molecule has 16 heavy (non-hydrogen) atoms. The summed E-state index contributed by atoms with van der Waals surface area (Å²) in [6, 6.07) is 0. The second kappa shape index (κ2) is 3.62. The summed E-state index contributed by atoms with van der Waals surface area (Å²) < 4.78 is 6.63. The zero-order valence-electron chi connectivity index (χ0n) is 9.52. The first-order valence-electron chi connectivity index (χ1n) is 5.03. The molecular formula is C10H14N4O2. The number of ether oxygens (including phenoxy) is 1. The molecule has 0 bridgehead atoms. The minimum Gasteiger partial charge on any atom is -0.443 e. The lowest BCUT2D eigenvalue weighted by atomic mass is 10.2. The van der Waals surface area contributed by atoms with E-state index in [0.29, 0.717) is 12.4 Å². The number of rotatable bonds is 0. The largest absolute Gasteiger partial charge is 0.443 e. The number of aromatic nitrogens is 2. The third-order valence-electron chi connectivity index (χ3n) is 1.98. The van der Waals surface area contributed by atoms with Gasteiger partial charge in [-0.3, -0.25) is 0 Å². The molecule has 0 radical (unpaired) electrons. The molecule has 1 aliphatic rings. The van der Waals surface area contributed by atoms with Crippen LogP contribution in [0.2, 0.25) is 0 Å². The zero-order valence-corrected chi connectivity index (χ0v) is 9.52. The molecule has 1 aromatic heterocycles. The molecule has 2 rings (SSSR count). The fourth-order valence-corrected chi connectivity index (χ4v) is 1.35. The lowest BCUT2D eigenvalue weighted by molar-refractivity contribution is 0.0532. The first-order chi connectivity index (χ1) is 7.47. The number of nitrogens with zero attached hydrogens (tertiary/aromatic N) is 3. The van der Waals surface area contributed by atoms with E-state index in [9.17, 15) is 4.79 Å². The van der Waals surface area contributed by atoms with Gasteiger partial charge in [-0.15, -0.1) is 0 Å². The number of aliphatic imine (C=N–C) groups is 1. The number of carbonyl (C=O) groups excluding carboxylic acids is 1. The number of imidazole rings is 1. The Morgan fingerprint density at radius 1 is 1.56 bits per heavy atom. The SMILES string of the molecule is CC(C)(C)OC(=O)n1cnc2c1CNC=N2. The van der Waals surface area contributed by atoms with E-state index in [2.05, 4.69) is 15.3 Å². The quantitative estimate of drug-likeness (QED) is 0.721. The minimum absolute atomic E-state index is 0.430. The molecule has 0 saturated carbocycles. The molecule has 0 saturated heterocycles. The molecule has 86 valence electrons. The topological polar surface area (TPSA) is 68.5 Å². The smallest absolute Gasteiger partial charge is 0.420 e. The summed E-state index contributed by atoms with van der Waals surface area (Å²) in [5.74, 6) is 0.560. The molecule has 2 heterocycles. The Hall–Kier alpha value is -1.85. The number of carbonyl (C=O) groups is 1. The fourth-order valence-electron chi connectivity index (χ4n) is 1.35. The van der Waals surface area contributed by atoms with E-state index >= 15 is 0 Å². The van der Waals surface area contributed by atoms with Crippen LogP contribution in [0.4, 0.5) is 10.6 Å². The van der Waals surface area contributed by atoms with Gasteiger partial charge in [0.1, 0.15) is 11.9 Å². The Balaban J connectivity index is 2.25. The third-order valence-corrected chi connectivity index (χ3v) is 1.98. The maximum atomic E-state index is 11.8. The van der Waals surface area contributed by atoms with Crippen LogP contribution in [-0.4, -0.2) is 27.6 Å². The third kappa shape index (κ3) is 2.05. The van der Waals surface area contributed by atoms with Gasteiger partial charge in [-0.05, 0) is 20.8 Å². The van der Waals surface area contributed by atoms with Crippen molar-refractivity contribution in [2.24, 2.45) is 4.99 Å². The number of nitrogens with one attached hydrogen (secondary N) is 1. The summed E-state index contributed by atoms with van der Waals surface area (Å²) in [7, 11) is 0. The molecule has 0 aliphatic carbocycles. The number of hydrogen-bond donors (Lipinski definition) is 1. The Labute approximate surface area is 93.3 Å². The van der Waals surface area contributed by atoms with Gasteiger partial charge in [-0.25, -0.2) is 19.3 Å². The molecule has 6 nitrogen and oxygen atoms in total. The normalized spacial score (nSPS) is 14.2. The predicted octanol–water partition coefficient (Wildman–Crippen LogP) is 1.43. The average molecular weight is 222 g/mol. The molecule has 1 aliphatic heterocycles. The standard InChI is InChI=1S/C10H14N4O2/c1-10(2,3)16-9(15)14-6-13-8-7(14)4-11-5-12-8/h5-6H,4H2,1-3H3,(H,11,12). The number of fused-ring (bicyclic) bond motifs is 1. The van der Waals surface area contributed by atoms with Crippen LogP contribution in [0.15, 0.2) is 11.3 Å². The highest BCUT2D eigenvalue weighted by molar-refractivity contribution is 5.74. The summed E-state index contributed by atoms with van der Waals surface area (Å²) in [5.41, 5.74) is 0.205. The van der Waals surface area contributed by atoms with Crippen LogP contribution in [0, 0.1) is 0 Å². The van der Waals surface area contributed by atoms with Crippen molar-refractivity contribution in [2.45, 2.75) is 32.9 Å². The van der Waals surface area contributed by atoms with E-state index in [4.69, 9.17) is 4.74 Å². The van der Waals surface area contributed by atoms with Gasteiger partial charge in [0.15, 0.2) is 5.82 Å². The summed E-state index contributed by atoms with van der Waals surface area (Å²) in [4.78, 5) is 19.9. The molecule has 1 aromatic rings. The monoisotopic (exact) mass is 222 g/mol. The van der Waals surface area contributed by atoms with Gasteiger partial charge in [0, 0.05) is 0 Å². The molecule has 0 amide bonds. The van der Waals surface area contributed by atoms with Crippen LogP contribution in [0.1, 0.15) is 26.5 Å². The van der Waals surface area contributed by atoms with Crippen LogP contribution < -0.4 is 5.32 Å². The van der Waals surface area contributed by atoms with Crippen LogP contribution in [0.25, 0.3) is 0 Å². The lowest BCUT2D eigenvalue weighted by Crippen LogP contribution is -2.29. The maximum Gasteiger partial charge on any atom is 0.420 e.